The molecule has 144 valence electrons. The van der Waals surface area contributed by atoms with Crippen molar-refractivity contribution < 1.29 is 13.9 Å². The minimum absolute atomic E-state index is 0.00448. The lowest BCUT2D eigenvalue weighted by Crippen LogP contribution is -2.52. The van der Waals surface area contributed by atoms with Gasteiger partial charge >= 0.3 is 0 Å². The lowest BCUT2D eigenvalue weighted by Gasteiger charge is -2.37. The first kappa shape index (κ1) is 19.2. The lowest BCUT2D eigenvalue weighted by molar-refractivity contribution is -0.139. The van der Waals surface area contributed by atoms with Crippen LogP contribution in [-0.4, -0.2) is 43.1 Å². The quantitative estimate of drug-likeness (QED) is 0.799. The molecule has 0 bridgehead atoms. The first-order valence-corrected chi connectivity index (χ1v) is 9.51. The second-order valence-electron chi connectivity index (χ2n) is 7.10. The summed E-state index contributed by atoms with van der Waals surface area (Å²) in [7, 11) is 0. The molecule has 0 aromatic heterocycles. The Kier molecular flexibility index (Phi) is 5.99. The number of anilines is 1. The zero-order valence-corrected chi connectivity index (χ0v) is 16.2. The van der Waals surface area contributed by atoms with E-state index in [9.17, 15) is 9.18 Å². The average molecular weight is 370 g/mol. The summed E-state index contributed by atoms with van der Waals surface area (Å²) in [6.45, 7) is 8.37. The van der Waals surface area contributed by atoms with E-state index >= 15 is 0 Å². The summed E-state index contributed by atoms with van der Waals surface area (Å²) in [5, 5.41) is 0. The van der Waals surface area contributed by atoms with Crippen molar-refractivity contribution in [2.45, 2.75) is 33.3 Å². The number of amides is 1. The molecular formula is C22H27FN2O2. The summed E-state index contributed by atoms with van der Waals surface area (Å²) in [5.74, 6) is 0.518. The number of carbonyl (C=O) groups is 1. The van der Waals surface area contributed by atoms with Gasteiger partial charge in [-0.3, -0.25) is 4.79 Å². The molecule has 2 aromatic rings. The van der Waals surface area contributed by atoms with Crippen LogP contribution in [0.15, 0.2) is 42.5 Å². The molecule has 0 N–H and O–H groups in total. The van der Waals surface area contributed by atoms with Gasteiger partial charge in [0, 0.05) is 26.2 Å². The number of hydrogen-bond donors (Lipinski definition) is 0. The highest BCUT2D eigenvalue weighted by Crippen LogP contribution is 2.22. The van der Waals surface area contributed by atoms with Crippen molar-refractivity contribution in [1.82, 2.24) is 4.90 Å². The summed E-state index contributed by atoms with van der Waals surface area (Å²) in [5.41, 5.74) is 2.83. The monoisotopic (exact) mass is 370 g/mol. The number of ether oxygens (including phenoxy) is 1. The highest BCUT2D eigenvalue weighted by molar-refractivity contribution is 5.81. The fraction of sp³-hybridized carbons (Fsp3) is 0.409. The van der Waals surface area contributed by atoms with Crippen molar-refractivity contribution in [3.63, 3.8) is 0 Å². The third-order valence-electron chi connectivity index (χ3n) is 4.90. The number of rotatable bonds is 5. The molecule has 1 atom stereocenters. The van der Waals surface area contributed by atoms with Crippen molar-refractivity contribution >= 4 is 11.6 Å². The number of halogens is 1. The Morgan fingerprint density at radius 1 is 1.07 bits per heavy atom. The van der Waals surface area contributed by atoms with Gasteiger partial charge in [-0.1, -0.05) is 25.1 Å². The topological polar surface area (TPSA) is 32.8 Å². The number of benzene rings is 2. The molecule has 1 saturated heterocycles. The van der Waals surface area contributed by atoms with Crippen LogP contribution in [0.1, 0.15) is 24.5 Å². The number of piperazine rings is 1. The van der Waals surface area contributed by atoms with Crippen molar-refractivity contribution in [2.75, 3.05) is 31.1 Å². The van der Waals surface area contributed by atoms with Crippen LogP contribution in [0.2, 0.25) is 0 Å². The van der Waals surface area contributed by atoms with Gasteiger partial charge in [0.1, 0.15) is 11.6 Å². The molecular weight excluding hydrogens is 343 g/mol. The standard InChI is InChI=1S/C22H27FN2O2/c1-4-21(27-18-14-16(2)13-17(3)15-18)22(26)25-11-9-24(10-12-25)20-8-6-5-7-19(20)23/h5-8,13-15,21H,4,9-12H2,1-3H3/t21-/m0/s1. The SMILES string of the molecule is CC[C@H](Oc1cc(C)cc(C)c1)C(=O)N1CCN(c2ccccc2F)CC1. The molecule has 1 amide bonds. The summed E-state index contributed by atoms with van der Waals surface area (Å²) in [6.07, 6.45) is 0.116. The maximum Gasteiger partial charge on any atom is 0.263 e. The fourth-order valence-electron chi connectivity index (χ4n) is 3.55. The molecule has 0 radical (unpaired) electrons. The predicted octanol–water partition coefficient (Wildman–Crippen LogP) is 3.95. The highest BCUT2D eigenvalue weighted by atomic mass is 19.1. The molecule has 3 rings (SSSR count). The Balaban J connectivity index is 1.62. The number of hydrogen-bond acceptors (Lipinski definition) is 3. The Hall–Kier alpha value is -2.56. The first-order valence-electron chi connectivity index (χ1n) is 9.51. The van der Waals surface area contributed by atoms with E-state index in [1.165, 1.54) is 6.07 Å². The molecule has 5 heteroatoms. The van der Waals surface area contributed by atoms with E-state index in [0.29, 0.717) is 38.3 Å². The number of para-hydroxylation sites is 1. The Bertz CT molecular complexity index is 780. The highest BCUT2D eigenvalue weighted by Gasteiger charge is 2.28. The molecule has 1 aliphatic rings. The molecule has 27 heavy (non-hydrogen) atoms. The fourth-order valence-corrected chi connectivity index (χ4v) is 3.55. The van der Waals surface area contributed by atoms with Gasteiger partial charge in [-0.15, -0.1) is 0 Å². The molecule has 1 fully saturated rings. The van der Waals surface area contributed by atoms with Gasteiger partial charge in [0.25, 0.3) is 5.91 Å². The van der Waals surface area contributed by atoms with E-state index in [4.69, 9.17) is 4.74 Å². The Morgan fingerprint density at radius 2 is 1.70 bits per heavy atom. The normalized spacial score (nSPS) is 15.6. The largest absolute Gasteiger partial charge is 0.481 e. The number of aryl methyl sites for hydroxylation is 2. The maximum atomic E-state index is 14.0. The zero-order valence-electron chi connectivity index (χ0n) is 16.2. The van der Waals surface area contributed by atoms with E-state index < -0.39 is 6.10 Å². The summed E-state index contributed by atoms with van der Waals surface area (Å²) >= 11 is 0. The van der Waals surface area contributed by atoms with E-state index in [-0.39, 0.29) is 11.7 Å². The van der Waals surface area contributed by atoms with E-state index in [2.05, 4.69) is 6.07 Å². The minimum Gasteiger partial charge on any atom is -0.481 e. The van der Waals surface area contributed by atoms with Crippen LogP contribution < -0.4 is 9.64 Å². The predicted molar refractivity (Wildman–Crippen MR) is 106 cm³/mol. The van der Waals surface area contributed by atoms with Gasteiger partial charge in [-0.2, -0.15) is 0 Å². The number of nitrogens with zero attached hydrogens (tertiary/aromatic N) is 2. The van der Waals surface area contributed by atoms with Crippen molar-refractivity contribution in [1.29, 1.82) is 0 Å². The van der Waals surface area contributed by atoms with Crippen LogP contribution in [0.5, 0.6) is 5.75 Å². The van der Waals surface area contributed by atoms with E-state index in [1.807, 2.05) is 48.8 Å². The van der Waals surface area contributed by atoms with Gasteiger partial charge in [-0.25, -0.2) is 4.39 Å². The van der Waals surface area contributed by atoms with Crippen LogP contribution >= 0.6 is 0 Å². The van der Waals surface area contributed by atoms with Crippen molar-refractivity contribution in [2.24, 2.45) is 0 Å². The van der Waals surface area contributed by atoms with Crippen molar-refractivity contribution in [3.05, 3.63) is 59.4 Å². The first-order chi connectivity index (χ1) is 13.0. The van der Waals surface area contributed by atoms with Crippen LogP contribution in [0, 0.1) is 19.7 Å². The second kappa shape index (κ2) is 8.42. The summed E-state index contributed by atoms with van der Waals surface area (Å²) in [6, 6.07) is 12.8. The molecule has 2 aromatic carbocycles. The van der Waals surface area contributed by atoms with Gasteiger partial charge < -0.3 is 14.5 Å². The lowest BCUT2D eigenvalue weighted by atomic mass is 10.1. The second-order valence-corrected chi connectivity index (χ2v) is 7.10. The van der Waals surface area contributed by atoms with Gasteiger partial charge in [-0.05, 0) is 55.7 Å². The molecule has 1 heterocycles. The van der Waals surface area contributed by atoms with Gasteiger partial charge in [0.2, 0.25) is 0 Å². The van der Waals surface area contributed by atoms with E-state index in [0.717, 1.165) is 16.9 Å². The summed E-state index contributed by atoms with van der Waals surface area (Å²) in [4.78, 5) is 16.7. The summed E-state index contributed by atoms with van der Waals surface area (Å²) < 4.78 is 20.0. The minimum atomic E-state index is -0.494. The van der Waals surface area contributed by atoms with Crippen LogP contribution in [0.25, 0.3) is 0 Å². The Morgan fingerprint density at radius 3 is 2.30 bits per heavy atom. The van der Waals surface area contributed by atoms with Gasteiger partial charge in [0.15, 0.2) is 6.10 Å². The molecule has 0 aliphatic carbocycles. The van der Waals surface area contributed by atoms with Crippen LogP contribution in [0.4, 0.5) is 10.1 Å². The molecule has 1 aliphatic heterocycles. The Labute approximate surface area is 160 Å². The van der Waals surface area contributed by atoms with Crippen LogP contribution in [-0.2, 0) is 4.79 Å². The smallest absolute Gasteiger partial charge is 0.263 e. The van der Waals surface area contributed by atoms with Crippen molar-refractivity contribution in [3.8, 4) is 5.75 Å². The zero-order chi connectivity index (χ0) is 19.4. The molecule has 0 saturated carbocycles. The average Bonchev–Trinajstić information content (AvgIpc) is 2.65. The van der Waals surface area contributed by atoms with Crippen LogP contribution in [0.3, 0.4) is 0 Å². The maximum absolute atomic E-state index is 14.0. The molecule has 4 nitrogen and oxygen atoms in total. The third kappa shape index (κ3) is 4.59. The van der Waals surface area contributed by atoms with E-state index in [1.54, 1.807) is 12.1 Å². The molecule has 0 spiro atoms. The third-order valence-corrected chi connectivity index (χ3v) is 4.90. The molecule has 0 unspecified atom stereocenters. The number of carbonyl (C=O) groups excluding carboxylic acids is 1. The van der Waals surface area contributed by atoms with Gasteiger partial charge in [0.05, 0.1) is 5.69 Å².